The van der Waals surface area contributed by atoms with Crippen molar-refractivity contribution in [3.8, 4) is 0 Å². The molecule has 1 aliphatic rings. The number of carbonyl (C=O) groups excluding carboxylic acids is 2. The standard InChI is InChI=1S/C27H37N3O4S/c1-5-22-13-8-11-17-25(22)30(35(4,33)34)19-26(31)29(18-23-14-7-6-12-20(23)2)21(3)27(32)28-24-15-9-10-16-24/h6-8,11-14,17,21,24H,5,9-10,15-16,18-19H2,1-4H3,(H,28,32). The van der Waals surface area contributed by atoms with E-state index in [1.165, 1.54) is 4.90 Å². The number of para-hydroxylation sites is 1. The van der Waals surface area contributed by atoms with Crippen LogP contribution in [0, 0.1) is 6.92 Å². The molecule has 7 nitrogen and oxygen atoms in total. The molecule has 2 aromatic rings. The summed E-state index contributed by atoms with van der Waals surface area (Å²) in [5.74, 6) is -0.627. The van der Waals surface area contributed by atoms with Crippen molar-refractivity contribution in [2.24, 2.45) is 0 Å². The van der Waals surface area contributed by atoms with Gasteiger partial charge < -0.3 is 10.2 Å². The summed E-state index contributed by atoms with van der Waals surface area (Å²) in [7, 11) is -3.74. The number of amides is 2. The summed E-state index contributed by atoms with van der Waals surface area (Å²) in [6.45, 7) is 5.47. The SMILES string of the molecule is CCc1ccccc1N(CC(=O)N(Cc1ccccc1C)C(C)C(=O)NC1CCCC1)S(C)(=O)=O. The van der Waals surface area contributed by atoms with Gasteiger partial charge >= 0.3 is 0 Å². The summed E-state index contributed by atoms with van der Waals surface area (Å²) >= 11 is 0. The van der Waals surface area contributed by atoms with Crippen LogP contribution in [-0.2, 0) is 32.6 Å². The summed E-state index contributed by atoms with van der Waals surface area (Å²) in [5, 5.41) is 3.08. The molecule has 2 amide bonds. The van der Waals surface area contributed by atoms with Gasteiger partial charge in [-0.1, -0.05) is 62.2 Å². The summed E-state index contributed by atoms with van der Waals surface area (Å²) in [6.07, 6.45) is 5.80. The van der Waals surface area contributed by atoms with Crippen LogP contribution in [0.5, 0.6) is 0 Å². The summed E-state index contributed by atoms with van der Waals surface area (Å²) < 4.78 is 26.7. The van der Waals surface area contributed by atoms with Crippen molar-refractivity contribution in [2.45, 2.75) is 71.5 Å². The molecule has 1 aliphatic carbocycles. The van der Waals surface area contributed by atoms with Gasteiger partial charge in [-0.2, -0.15) is 0 Å². The molecule has 0 heterocycles. The van der Waals surface area contributed by atoms with Gasteiger partial charge in [0.05, 0.1) is 11.9 Å². The molecule has 1 fully saturated rings. The maximum Gasteiger partial charge on any atom is 0.244 e. The fourth-order valence-corrected chi connectivity index (χ4v) is 5.47. The molecule has 0 aromatic heterocycles. The molecule has 8 heteroatoms. The van der Waals surface area contributed by atoms with E-state index in [0.29, 0.717) is 12.1 Å². The normalized spacial score (nSPS) is 15.0. The highest BCUT2D eigenvalue weighted by Gasteiger charge is 2.32. The fourth-order valence-electron chi connectivity index (χ4n) is 4.59. The number of hydrogen-bond acceptors (Lipinski definition) is 4. The van der Waals surface area contributed by atoms with Crippen LogP contribution in [0.3, 0.4) is 0 Å². The first-order chi connectivity index (χ1) is 16.6. The molecule has 0 saturated heterocycles. The Kier molecular flexibility index (Phi) is 8.94. The summed E-state index contributed by atoms with van der Waals surface area (Å²) in [5.41, 5.74) is 3.25. The predicted octanol–water partition coefficient (Wildman–Crippen LogP) is 3.80. The highest BCUT2D eigenvalue weighted by molar-refractivity contribution is 7.92. The van der Waals surface area contributed by atoms with Gasteiger partial charge in [0.25, 0.3) is 0 Å². The highest BCUT2D eigenvalue weighted by Crippen LogP contribution is 2.24. The molecule has 35 heavy (non-hydrogen) atoms. The van der Waals surface area contributed by atoms with Crippen LogP contribution in [0.15, 0.2) is 48.5 Å². The van der Waals surface area contributed by atoms with Crippen LogP contribution in [-0.4, -0.2) is 50.0 Å². The van der Waals surface area contributed by atoms with Crippen molar-refractivity contribution in [3.05, 3.63) is 65.2 Å². The predicted molar refractivity (Wildman–Crippen MR) is 140 cm³/mol. The molecule has 1 unspecified atom stereocenters. The van der Waals surface area contributed by atoms with Crippen LogP contribution < -0.4 is 9.62 Å². The highest BCUT2D eigenvalue weighted by atomic mass is 32.2. The number of nitrogens with zero attached hydrogens (tertiary/aromatic N) is 2. The number of hydrogen-bond donors (Lipinski definition) is 1. The minimum atomic E-state index is -3.74. The second kappa shape index (κ2) is 11.7. The average Bonchev–Trinajstić information content (AvgIpc) is 3.33. The molecule has 1 atom stereocenters. The van der Waals surface area contributed by atoms with E-state index < -0.39 is 22.0 Å². The zero-order chi connectivity index (χ0) is 25.6. The first-order valence-electron chi connectivity index (χ1n) is 12.3. The molecule has 3 rings (SSSR count). The van der Waals surface area contributed by atoms with E-state index >= 15 is 0 Å². The minimum absolute atomic E-state index is 0.129. The molecule has 1 saturated carbocycles. The Hall–Kier alpha value is -2.87. The van der Waals surface area contributed by atoms with E-state index in [1.54, 1.807) is 19.1 Å². The van der Waals surface area contributed by atoms with Crippen molar-refractivity contribution in [1.29, 1.82) is 0 Å². The second-order valence-electron chi connectivity index (χ2n) is 9.37. The molecular formula is C27H37N3O4S. The lowest BCUT2D eigenvalue weighted by molar-refractivity contribution is -0.139. The molecule has 0 spiro atoms. The Morgan fingerprint density at radius 1 is 1.03 bits per heavy atom. The third kappa shape index (κ3) is 6.84. The Balaban J connectivity index is 1.91. The van der Waals surface area contributed by atoms with E-state index in [0.717, 1.165) is 52.9 Å². The van der Waals surface area contributed by atoms with Crippen molar-refractivity contribution in [1.82, 2.24) is 10.2 Å². The zero-order valence-corrected chi connectivity index (χ0v) is 22.0. The van der Waals surface area contributed by atoms with E-state index in [-0.39, 0.29) is 25.0 Å². The van der Waals surface area contributed by atoms with E-state index in [9.17, 15) is 18.0 Å². The summed E-state index contributed by atoms with van der Waals surface area (Å²) in [6, 6.07) is 14.3. The average molecular weight is 500 g/mol. The molecule has 0 aliphatic heterocycles. The Morgan fingerprint density at radius 2 is 1.63 bits per heavy atom. The maximum absolute atomic E-state index is 13.7. The van der Waals surface area contributed by atoms with Crippen molar-refractivity contribution >= 4 is 27.5 Å². The van der Waals surface area contributed by atoms with Crippen LogP contribution >= 0.6 is 0 Å². The van der Waals surface area contributed by atoms with Crippen molar-refractivity contribution < 1.29 is 18.0 Å². The largest absolute Gasteiger partial charge is 0.352 e. The van der Waals surface area contributed by atoms with Crippen molar-refractivity contribution in [3.63, 3.8) is 0 Å². The summed E-state index contributed by atoms with van der Waals surface area (Å²) in [4.78, 5) is 28.3. The quantitative estimate of drug-likeness (QED) is 0.539. The van der Waals surface area contributed by atoms with Gasteiger partial charge in [-0.15, -0.1) is 0 Å². The van der Waals surface area contributed by atoms with Gasteiger partial charge in [-0.05, 0) is 55.9 Å². The third-order valence-corrected chi connectivity index (χ3v) is 7.92. The van der Waals surface area contributed by atoms with Gasteiger partial charge in [0.15, 0.2) is 0 Å². The first-order valence-corrected chi connectivity index (χ1v) is 14.2. The molecular weight excluding hydrogens is 462 g/mol. The lowest BCUT2D eigenvalue weighted by Crippen LogP contribution is -2.52. The van der Waals surface area contributed by atoms with E-state index in [2.05, 4.69) is 5.32 Å². The molecule has 0 bridgehead atoms. The van der Waals surface area contributed by atoms with Gasteiger partial charge in [-0.25, -0.2) is 8.42 Å². The lowest BCUT2D eigenvalue weighted by Gasteiger charge is -2.32. The smallest absolute Gasteiger partial charge is 0.244 e. The van der Waals surface area contributed by atoms with E-state index in [4.69, 9.17) is 0 Å². The monoisotopic (exact) mass is 499 g/mol. The topological polar surface area (TPSA) is 86.8 Å². The molecule has 0 radical (unpaired) electrons. The van der Waals surface area contributed by atoms with Gasteiger partial charge in [0.1, 0.15) is 12.6 Å². The van der Waals surface area contributed by atoms with E-state index in [1.807, 2.05) is 50.2 Å². The number of sulfonamides is 1. The number of anilines is 1. The van der Waals surface area contributed by atoms with Crippen LogP contribution in [0.1, 0.15) is 56.2 Å². The molecule has 2 aromatic carbocycles. The molecule has 190 valence electrons. The van der Waals surface area contributed by atoms with Gasteiger partial charge in [0.2, 0.25) is 21.8 Å². The number of nitrogens with one attached hydrogen (secondary N) is 1. The third-order valence-electron chi connectivity index (χ3n) is 6.79. The minimum Gasteiger partial charge on any atom is -0.352 e. The number of rotatable bonds is 10. The van der Waals surface area contributed by atoms with Gasteiger partial charge in [-0.3, -0.25) is 13.9 Å². The lowest BCUT2D eigenvalue weighted by atomic mass is 10.1. The zero-order valence-electron chi connectivity index (χ0n) is 21.2. The fraction of sp³-hybridized carbons (Fsp3) is 0.481. The number of aryl methyl sites for hydroxylation is 2. The van der Waals surface area contributed by atoms with Crippen molar-refractivity contribution in [2.75, 3.05) is 17.1 Å². The van der Waals surface area contributed by atoms with Gasteiger partial charge in [0, 0.05) is 12.6 Å². The van der Waals surface area contributed by atoms with Crippen LogP contribution in [0.2, 0.25) is 0 Å². The molecule has 1 N–H and O–H groups in total. The number of benzene rings is 2. The van der Waals surface area contributed by atoms with Crippen LogP contribution in [0.4, 0.5) is 5.69 Å². The van der Waals surface area contributed by atoms with Crippen LogP contribution in [0.25, 0.3) is 0 Å². The number of carbonyl (C=O) groups is 2. The Bertz CT molecular complexity index is 1140. The first kappa shape index (κ1) is 26.7. The Labute approximate surface area is 209 Å². The Morgan fingerprint density at radius 3 is 2.23 bits per heavy atom. The maximum atomic E-state index is 13.7. The second-order valence-corrected chi connectivity index (χ2v) is 11.3.